The third-order valence-corrected chi connectivity index (χ3v) is 4.13. The number of aryl methyl sites for hydroxylation is 1. The van der Waals surface area contributed by atoms with Crippen molar-refractivity contribution >= 4 is 22.8 Å². The van der Waals surface area contributed by atoms with Crippen LogP contribution in [0.25, 0.3) is 11.2 Å². The molecule has 0 N–H and O–H groups in total. The molecule has 3 rings (SSSR count). The third kappa shape index (κ3) is 2.03. The fourth-order valence-corrected chi connectivity index (χ4v) is 3.07. The first-order chi connectivity index (χ1) is 9.15. The zero-order valence-electron chi connectivity index (χ0n) is 11.3. The van der Waals surface area contributed by atoms with Crippen molar-refractivity contribution in [3.05, 3.63) is 23.7 Å². The van der Waals surface area contributed by atoms with Crippen LogP contribution in [-0.4, -0.2) is 27.7 Å². The van der Waals surface area contributed by atoms with E-state index in [9.17, 15) is 0 Å². The first-order valence-corrected chi connectivity index (χ1v) is 7.16. The summed E-state index contributed by atoms with van der Waals surface area (Å²) in [5.74, 6) is 1.28. The summed E-state index contributed by atoms with van der Waals surface area (Å²) in [5, 5.41) is 0. The van der Waals surface area contributed by atoms with Crippen molar-refractivity contribution in [1.82, 2.24) is 14.5 Å². The number of nitrogens with zero attached hydrogens (tertiary/aromatic N) is 3. The standard InChI is InChI=1S/C14H18ClN3O/c1-10-4-6-16-13-12(10)17-11(8-15)18(13)14(2)5-3-7-19-9-14/h4,6H,3,5,7-9H2,1-2H3. The summed E-state index contributed by atoms with van der Waals surface area (Å²) in [4.78, 5) is 9.18. The molecule has 0 aromatic carbocycles. The second-order valence-corrected chi connectivity index (χ2v) is 5.72. The largest absolute Gasteiger partial charge is 0.379 e. The maximum atomic E-state index is 6.09. The van der Waals surface area contributed by atoms with Crippen molar-refractivity contribution in [2.24, 2.45) is 0 Å². The summed E-state index contributed by atoms with van der Waals surface area (Å²) in [6, 6.07) is 1.98. The minimum atomic E-state index is -0.0992. The Hall–Kier alpha value is -1.13. The number of fused-ring (bicyclic) bond motifs is 1. The number of imidazole rings is 1. The molecule has 5 heteroatoms. The first-order valence-electron chi connectivity index (χ1n) is 6.63. The van der Waals surface area contributed by atoms with Crippen LogP contribution in [-0.2, 0) is 16.2 Å². The van der Waals surface area contributed by atoms with Gasteiger partial charge in [-0.2, -0.15) is 0 Å². The lowest BCUT2D eigenvalue weighted by Gasteiger charge is -2.36. The van der Waals surface area contributed by atoms with Gasteiger partial charge in [0.15, 0.2) is 5.65 Å². The molecular weight excluding hydrogens is 262 g/mol. The number of hydrogen-bond acceptors (Lipinski definition) is 3. The van der Waals surface area contributed by atoms with Crippen LogP contribution in [0.4, 0.5) is 0 Å². The summed E-state index contributed by atoms with van der Waals surface area (Å²) in [6.07, 6.45) is 3.96. The van der Waals surface area contributed by atoms with Gasteiger partial charge < -0.3 is 9.30 Å². The number of pyridine rings is 1. The number of alkyl halides is 1. The second kappa shape index (κ2) is 4.76. The summed E-state index contributed by atoms with van der Waals surface area (Å²) in [6.45, 7) is 5.79. The van der Waals surface area contributed by atoms with Crippen LogP contribution < -0.4 is 0 Å². The van der Waals surface area contributed by atoms with Crippen molar-refractivity contribution < 1.29 is 4.74 Å². The Balaban J connectivity index is 2.23. The maximum Gasteiger partial charge on any atom is 0.160 e. The van der Waals surface area contributed by atoms with Crippen LogP contribution in [0, 0.1) is 6.92 Å². The zero-order valence-corrected chi connectivity index (χ0v) is 12.1. The summed E-state index contributed by atoms with van der Waals surface area (Å²) >= 11 is 6.09. The second-order valence-electron chi connectivity index (χ2n) is 5.45. The van der Waals surface area contributed by atoms with Crippen LogP contribution in [0.5, 0.6) is 0 Å². The van der Waals surface area contributed by atoms with E-state index in [0.717, 1.165) is 42.0 Å². The van der Waals surface area contributed by atoms with E-state index in [1.54, 1.807) is 0 Å². The molecular formula is C14H18ClN3O. The summed E-state index contributed by atoms with van der Waals surface area (Å²) in [5.41, 5.74) is 2.90. The van der Waals surface area contributed by atoms with E-state index in [-0.39, 0.29) is 5.54 Å². The topological polar surface area (TPSA) is 39.9 Å². The highest BCUT2D eigenvalue weighted by atomic mass is 35.5. The predicted octanol–water partition coefficient (Wildman–Crippen LogP) is 3.00. The number of rotatable bonds is 2. The van der Waals surface area contributed by atoms with E-state index in [2.05, 4.69) is 28.4 Å². The molecule has 0 radical (unpaired) electrons. The molecule has 1 atom stereocenters. The molecule has 102 valence electrons. The van der Waals surface area contributed by atoms with Crippen LogP contribution in [0.15, 0.2) is 12.3 Å². The third-order valence-electron chi connectivity index (χ3n) is 3.89. The zero-order chi connectivity index (χ0) is 13.5. The fraction of sp³-hybridized carbons (Fsp3) is 0.571. The normalized spacial score (nSPS) is 23.9. The quantitative estimate of drug-likeness (QED) is 0.794. The number of hydrogen-bond donors (Lipinski definition) is 0. The lowest BCUT2D eigenvalue weighted by molar-refractivity contribution is 0.0102. The molecule has 2 aromatic heterocycles. The van der Waals surface area contributed by atoms with Crippen LogP contribution in [0.3, 0.4) is 0 Å². The van der Waals surface area contributed by atoms with Crippen molar-refractivity contribution in [3.8, 4) is 0 Å². The fourth-order valence-electron chi connectivity index (χ4n) is 2.89. The number of halogens is 1. The molecule has 1 fully saturated rings. The van der Waals surface area contributed by atoms with E-state index < -0.39 is 0 Å². The monoisotopic (exact) mass is 279 g/mol. The Bertz CT molecular complexity index is 602. The highest BCUT2D eigenvalue weighted by Crippen LogP contribution is 2.32. The number of aromatic nitrogens is 3. The van der Waals surface area contributed by atoms with Crippen molar-refractivity contribution in [2.75, 3.05) is 13.2 Å². The highest BCUT2D eigenvalue weighted by molar-refractivity contribution is 6.16. The van der Waals surface area contributed by atoms with Gasteiger partial charge in [0.1, 0.15) is 11.3 Å². The van der Waals surface area contributed by atoms with E-state index in [4.69, 9.17) is 16.3 Å². The molecule has 0 saturated carbocycles. The molecule has 0 aliphatic carbocycles. The number of ether oxygens (including phenoxy) is 1. The molecule has 1 aliphatic heterocycles. The van der Waals surface area contributed by atoms with Crippen molar-refractivity contribution in [1.29, 1.82) is 0 Å². The van der Waals surface area contributed by atoms with Gasteiger partial charge in [0.05, 0.1) is 18.0 Å². The van der Waals surface area contributed by atoms with Crippen LogP contribution in [0.2, 0.25) is 0 Å². The Morgan fingerprint density at radius 1 is 1.53 bits per heavy atom. The summed E-state index contributed by atoms with van der Waals surface area (Å²) < 4.78 is 7.85. The molecule has 1 unspecified atom stereocenters. The molecule has 1 saturated heterocycles. The van der Waals surface area contributed by atoms with Gasteiger partial charge in [-0.05, 0) is 38.3 Å². The molecule has 2 aromatic rings. The smallest absolute Gasteiger partial charge is 0.160 e. The van der Waals surface area contributed by atoms with Gasteiger partial charge >= 0.3 is 0 Å². The van der Waals surface area contributed by atoms with E-state index in [1.807, 2.05) is 12.3 Å². The SMILES string of the molecule is Cc1ccnc2c1nc(CCl)n2C1(C)CCCOC1. The lowest BCUT2D eigenvalue weighted by atomic mass is 9.94. The van der Waals surface area contributed by atoms with Gasteiger partial charge in [0.2, 0.25) is 0 Å². The molecule has 1 aliphatic rings. The van der Waals surface area contributed by atoms with Gasteiger partial charge in [-0.1, -0.05) is 0 Å². The molecule has 0 bridgehead atoms. The molecule has 3 heterocycles. The van der Waals surface area contributed by atoms with Gasteiger partial charge in [-0.3, -0.25) is 0 Å². The lowest BCUT2D eigenvalue weighted by Crippen LogP contribution is -2.40. The van der Waals surface area contributed by atoms with Gasteiger partial charge in [0.25, 0.3) is 0 Å². The Morgan fingerprint density at radius 3 is 3.05 bits per heavy atom. The Morgan fingerprint density at radius 2 is 2.37 bits per heavy atom. The van der Waals surface area contributed by atoms with Gasteiger partial charge in [-0.15, -0.1) is 11.6 Å². The molecule has 0 spiro atoms. The first kappa shape index (κ1) is 12.9. The minimum Gasteiger partial charge on any atom is -0.379 e. The average Bonchev–Trinajstić information content (AvgIpc) is 2.80. The molecule has 4 nitrogen and oxygen atoms in total. The van der Waals surface area contributed by atoms with Crippen molar-refractivity contribution in [2.45, 2.75) is 38.1 Å². The van der Waals surface area contributed by atoms with Gasteiger partial charge in [0, 0.05) is 12.8 Å². The maximum absolute atomic E-state index is 6.09. The molecule has 19 heavy (non-hydrogen) atoms. The predicted molar refractivity (Wildman–Crippen MR) is 75.5 cm³/mol. The molecule has 0 amide bonds. The highest BCUT2D eigenvalue weighted by Gasteiger charge is 2.33. The minimum absolute atomic E-state index is 0.0992. The van der Waals surface area contributed by atoms with Gasteiger partial charge in [-0.25, -0.2) is 9.97 Å². The van der Waals surface area contributed by atoms with Crippen LogP contribution in [0.1, 0.15) is 31.2 Å². The Labute approximate surface area is 117 Å². The van der Waals surface area contributed by atoms with E-state index >= 15 is 0 Å². The van der Waals surface area contributed by atoms with Crippen LogP contribution >= 0.6 is 11.6 Å². The van der Waals surface area contributed by atoms with E-state index in [0.29, 0.717) is 12.5 Å². The average molecular weight is 280 g/mol. The summed E-state index contributed by atoms with van der Waals surface area (Å²) in [7, 11) is 0. The van der Waals surface area contributed by atoms with Crippen molar-refractivity contribution in [3.63, 3.8) is 0 Å². The Kier molecular flexibility index (Phi) is 3.23. The van der Waals surface area contributed by atoms with E-state index in [1.165, 1.54) is 0 Å².